The van der Waals surface area contributed by atoms with E-state index in [1.54, 1.807) is 17.8 Å². The van der Waals surface area contributed by atoms with Crippen molar-refractivity contribution in [2.45, 2.75) is 43.6 Å². The number of nitrogens with zero attached hydrogens (tertiary/aromatic N) is 5. The Balaban J connectivity index is 1.40. The van der Waals surface area contributed by atoms with Crippen molar-refractivity contribution in [3.63, 3.8) is 0 Å². The van der Waals surface area contributed by atoms with E-state index in [0.717, 1.165) is 17.5 Å². The van der Waals surface area contributed by atoms with Gasteiger partial charge in [0.1, 0.15) is 23.4 Å². The maximum absolute atomic E-state index is 14.6. The standard InChI is InChI=1S/C24H26FN7O3/c1-26-21-9-18(29-23-15(11-28-32(21)23)24(34)30-17-4-5-20(17)33)14-10-27-22-13(14)3-2-7-31(22)19-6-8-35-12-16(19)25/h2-3,7,9-11,16-17,19-20,26,33H,4-6,8,12H2,1H3,(H,30,34)/t16-,17-,19+,20+/m0/s1. The fourth-order valence-electron chi connectivity index (χ4n) is 4.87. The van der Waals surface area contributed by atoms with Crippen LogP contribution in [0.4, 0.5) is 10.2 Å². The summed E-state index contributed by atoms with van der Waals surface area (Å²) in [5.41, 5.74) is 2.95. The number of nitrogens with one attached hydrogen (secondary N) is 2. The largest absolute Gasteiger partial charge is 0.391 e. The quantitative estimate of drug-likeness (QED) is 0.402. The molecule has 1 amide bonds. The highest BCUT2D eigenvalue weighted by molar-refractivity contribution is 6.00. The predicted octanol–water partition coefficient (Wildman–Crippen LogP) is 2.29. The van der Waals surface area contributed by atoms with Crippen molar-refractivity contribution in [3.05, 3.63) is 42.4 Å². The summed E-state index contributed by atoms with van der Waals surface area (Å²) in [4.78, 5) is 22.3. The monoisotopic (exact) mass is 479 g/mol. The van der Waals surface area contributed by atoms with Crippen molar-refractivity contribution in [1.29, 1.82) is 0 Å². The van der Waals surface area contributed by atoms with Crippen molar-refractivity contribution in [2.75, 3.05) is 25.6 Å². The van der Waals surface area contributed by atoms with Gasteiger partial charge in [-0.05, 0) is 31.4 Å². The van der Waals surface area contributed by atoms with E-state index in [4.69, 9.17) is 9.72 Å². The molecule has 1 aliphatic carbocycles. The highest BCUT2D eigenvalue weighted by Gasteiger charge is 2.32. The lowest BCUT2D eigenvalue weighted by atomic mass is 9.89. The first kappa shape index (κ1) is 21.9. The molecule has 3 aliphatic heterocycles. The first-order chi connectivity index (χ1) is 17.0. The van der Waals surface area contributed by atoms with Crippen LogP contribution in [0.15, 0.2) is 36.8 Å². The molecule has 182 valence electrons. The second kappa shape index (κ2) is 8.58. The molecule has 1 saturated heterocycles. The fourth-order valence-corrected chi connectivity index (χ4v) is 4.87. The van der Waals surface area contributed by atoms with Gasteiger partial charge in [0.05, 0.1) is 36.7 Å². The molecule has 4 aliphatic rings. The number of hydrogen-bond donors (Lipinski definition) is 3. The number of aliphatic hydroxyl groups is 1. The van der Waals surface area contributed by atoms with Gasteiger partial charge in [-0.15, -0.1) is 0 Å². The first-order valence-electron chi connectivity index (χ1n) is 11.8. The SMILES string of the molecule is CNc1cc(-c2cnc3n([C@@H]4CCOC[C@@H]4F)cccc2-3)nc2c(C(=O)N[C@H]3CC[C@H]3O)cnn12. The Morgan fingerprint density at radius 1 is 1.26 bits per heavy atom. The molecular weight excluding hydrogens is 453 g/mol. The molecule has 1 saturated carbocycles. The summed E-state index contributed by atoms with van der Waals surface area (Å²) in [5.74, 6) is 1.00. The minimum atomic E-state index is -1.10. The van der Waals surface area contributed by atoms with Gasteiger partial charge in [-0.1, -0.05) is 0 Å². The molecule has 6 rings (SSSR count). The minimum absolute atomic E-state index is 0.0787. The van der Waals surface area contributed by atoms with Crippen LogP contribution in [0.25, 0.3) is 28.3 Å². The van der Waals surface area contributed by atoms with E-state index >= 15 is 0 Å². The number of hydrogen-bond acceptors (Lipinski definition) is 7. The molecule has 0 bridgehead atoms. The van der Waals surface area contributed by atoms with Gasteiger partial charge in [0.2, 0.25) is 0 Å². The van der Waals surface area contributed by atoms with Crippen LogP contribution in [0.2, 0.25) is 0 Å². The van der Waals surface area contributed by atoms with Crippen LogP contribution >= 0.6 is 0 Å². The van der Waals surface area contributed by atoms with Crippen LogP contribution in [0.3, 0.4) is 0 Å². The van der Waals surface area contributed by atoms with Gasteiger partial charge in [-0.2, -0.15) is 9.61 Å². The number of aliphatic hydroxyl groups excluding tert-OH is 1. The van der Waals surface area contributed by atoms with Crippen molar-refractivity contribution in [3.8, 4) is 22.6 Å². The molecule has 2 fully saturated rings. The lowest BCUT2D eigenvalue weighted by molar-refractivity contribution is 0.00346. The lowest BCUT2D eigenvalue weighted by Gasteiger charge is -2.32. The number of carbonyl (C=O) groups excluding carboxylic acids is 1. The Morgan fingerprint density at radius 3 is 2.89 bits per heavy atom. The molecule has 4 atom stereocenters. The van der Waals surface area contributed by atoms with E-state index in [-0.39, 0.29) is 24.6 Å². The van der Waals surface area contributed by atoms with Gasteiger partial charge < -0.3 is 25.0 Å². The summed E-state index contributed by atoms with van der Waals surface area (Å²) in [6, 6.07) is 5.07. The Morgan fingerprint density at radius 2 is 2.14 bits per heavy atom. The molecule has 0 spiro atoms. The van der Waals surface area contributed by atoms with Crippen LogP contribution in [0.1, 0.15) is 35.7 Å². The number of aromatic nitrogens is 5. The Hall–Kier alpha value is -3.57. The minimum Gasteiger partial charge on any atom is -0.391 e. The zero-order chi connectivity index (χ0) is 24.1. The van der Waals surface area contributed by atoms with Crippen LogP contribution in [0.5, 0.6) is 0 Å². The van der Waals surface area contributed by atoms with Crippen molar-refractivity contribution < 1.29 is 19.0 Å². The number of anilines is 1. The number of ether oxygens (including phenoxy) is 1. The summed E-state index contributed by atoms with van der Waals surface area (Å²) in [6.07, 6.45) is 5.43. The highest BCUT2D eigenvalue weighted by Crippen LogP contribution is 2.37. The zero-order valence-electron chi connectivity index (χ0n) is 19.2. The molecular formula is C24H26FN7O3. The van der Waals surface area contributed by atoms with Crippen molar-refractivity contribution >= 4 is 17.4 Å². The number of alkyl halides is 1. The molecule has 11 heteroatoms. The van der Waals surface area contributed by atoms with Crippen LogP contribution in [-0.2, 0) is 4.74 Å². The van der Waals surface area contributed by atoms with Gasteiger partial charge in [0, 0.05) is 43.2 Å². The smallest absolute Gasteiger partial charge is 0.257 e. The number of rotatable bonds is 5. The molecule has 3 N–H and O–H groups in total. The average Bonchev–Trinajstić information content (AvgIpc) is 3.50. The predicted molar refractivity (Wildman–Crippen MR) is 126 cm³/mol. The Kier molecular flexibility index (Phi) is 5.37. The third-order valence-corrected chi connectivity index (χ3v) is 7.01. The van der Waals surface area contributed by atoms with Gasteiger partial charge in [-0.25, -0.2) is 14.4 Å². The summed E-state index contributed by atoms with van der Waals surface area (Å²) >= 11 is 0. The molecule has 0 radical (unpaired) electrons. The van der Waals surface area contributed by atoms with Gasteiger partial charge in [0.15, 0.2) is 5.65 Å². The fraction of sp³-hybridized carbons (Fsp3) is 0.417. The molecule has 0 unspecified atom stereocenters. The number of amides is 1. The van der Waals surface area contributed by atoms with Gasteiger partial charge in [0.25, 0.3) is 5.91 Å². The Bertz CT molecular complexity index is 1370. The van der Waals surface area contributed by atoms with Gasteiger partial charge >= 0.3 is 0 Å². The lowest BCUT2D eigenvalue weighted by Crippen LogP contribution is -2.50. The average molecular weight is 480 g/mol. The first-order valence-corrected chi connectivity index (χ1v) is 11.8. The second-order valence-electron chi connectivity index (χ2n) is 9.07. The normalized spacial score (nSPS) is 24.4. The number of carbonyl (C=O) groups is 1. The van der Waals surface area contributed by atoms with Crippen LogP contribution in [-0.4, -0.2) is 73.7 Å². The van der Waals surface area contributed by atoms with E-state index in [1.807, 2.05) is 29.0 Å². The number of pyridine rings is 1. The van der Waals surface area contributed by atoms with E-state index in [9.17, 15) is 14.3 Å². The zero-order valence-corrected chi connectivity index (χ0v) is 19.2. The third-order valence-electron chi connectivity index (χ3n) is 7.01. The van der Waals surface area contributed by atoms with Crippen molar-refractivity contribution in [1.82, 2.24) is 29.5 Å². The summed E-state index contributed by atoms with van der Waals surface area (Å²) in [6.45, 7) is 0.588. The van der Waals surface area contributed by atoms with E-state index in [2.05, 4.69) is 20.7 Å². The summed E-state index contributed by atoms with van der Waals surface area (Å²) in [5, 5.41) is 20.2. The molecule has 2 aromatic heterocycles. The van der Waals surface area contributed by atoms with E-state index in [0.29, 0.717) is 48.0 Å². The molecule has 2 aromatic rings. The molecule has 5 heterocycles. The maximum Gasteiger partial charge on any atom is 0.257 e. The van der Waals surface area contributed by atoms with E-state index < -0.39 is 12.3 Å². The second-order valence-corrected chi connectivity index (χ2v) is 9.07. The number of halogens is 1. The number of fused-ring (bicyclic) bond motifs is 2. The van der Waals surface area contributed by atoms with Gasteiger partial charge in [-0.3, -0.25) is 4.79 Å². The molecule has 10 nitrogen and oxygen atoms in total. The summed E-state index contributed by atoms with van der Waals surface area (Å²) in [7, 11) is 1.77. The van der Waals surface area contributed by atoms with Crippen LogP contribution in [0, 0.1) is 0 Å². The molecule has 0 aromatic carbocycles. The molecule has 35 heavy (non-hydrogen) atoms. The third kappa shape index (κ3) is 3.62. The van der Waals surface area contributed by atoms with Crippen LogP contribution < -0.4 is 10.6 Å². The van der Waals surface area contributed by atoms with Crippen molar-refractivity contribution in [2.24, 2.45) is 0 Å². The highest BCUT2D eigenvalue weighted by atomic mass is 19.1. The summed E-state index contributed by atoms with van der Waals surface area (Å²) < 4.78 is 23.4. The Labute approximate surface area is 200 Å². The topological polar surface area (TPSA) is 119 Å². The maximum atomic E-state index is 14.6. The van der Waals surface area contributed by atoms with E-state index in [1.165, 1.54) is 6.20 Å².